The highest BCUT2D eigenvalue weighted by molar-refractivity contribution is 5.84. The summed E-state index contributed by atoms with van der Waals surface area (Å²) in [6.07, 6.45) is 0. The molecule has 0 saturated heterocycles. The summed E-state index contributed by atoms with van der Waals surface area (Å²) in [5.41, 5.74) is 1.80. The van der Waals surface area contributed by atoms with Gasteiger partial charge >= 0.3 is 5.97 Å². The summed E-state index contributed by atoms with van der Waals surface area (Å²) in [4.78, 5) is 35.7. The average molecular weight is 336 g/mol. The number of rotatable bonds is 8. The van der Waals surface area contributed by atoms with Gasteiger partial charge in [-0.1, -0.05) is 18.2 Å². The first-order valence-corrected chi connectivity index (χ1v) is 7.69. The van der Waals surface area contributed by atoms with Crippen LogP contribution in [0.2, 0.25) is 0 Å². The van der Waals surface area contributed by atoms with Crippen molar-refractivity contribution >= 4 is 17.8 Å². The van der Waals surface area contributed by atoms with Crippen molar-refractivity contribution in [3.05, 3.63) is 29.3 Å². The molecule has 7 heteroatoms. The van der Waals surface area contributed by atoms with Gasteiger partial charge in [-0.25, -0.2) is 4.79 Å². The normalized spacial score (nSPS) is 11.5. The summed E-state index contributed by atoms with van der Waals surface area (Å²) in [5.74, 6) is -1.18. The Morgan fingerprint density at radius 3 is 2.33 bits per heavy atom. The smallest absolute Gasteiger partial charge is 0.326 e. The van der Waals surface area contributed by atoms with Crippen LogP contribution in [-0.4, -0.2) is 53.5 Å². The second kappa shape index (κ2) is 8.90. The number of nitrogens with one attached hydrogen (secondary N) is 1. The van der Waals surface area contributed by atoms with E-state index in [-0.39, 0.29) is 25.6 Å². The molecule has 2 amide bonds. The van der Waals surface area contributed by atoms with Crippen LogP contribution >= 0.6 is 0 Å². The van der Waals surface area contributed by atoms with E-state index < -0.39 is 17.9 Å². The Kier molecular flexibility index (Phi) is 7.23. The Morgan fingerprint density at radius 1 is 1.25 bits per heavy atom. The van der Waals surface area contributed by atoms with Crippen LogP contribution in [0.15, 0.2) is 18.2 Å². The van der Waals surface area contributed by atoms with Crippen molar-refractivity contribution in [2.75, 3.05) is 19.7 Å². The zero-order chi connectivity index (χ0) is 18.3. The molecule has 0 aliphatic heterocycles. The van der Waals surface area contributed by atoms with Crippen LogP contribution in [0, 0.1) is 13.8 Å². The zero-order valence-electron chi connectivity index (χ0n) is 14.5. The Hall–Kier alpha value is -2.57. The van der Waals surface area contributed by atoms with Crippen molar-refractivity contribution in [3.63, 3.8) is 0 Å². The number of hydrogen-bond donors (Lipinski definition) is 2. The third-order valence-electron chi connectivity index (χ3n) is 3.62. The summed E-state index contributed by atoms with van der Waals surface area (Å²) in [7, 11) is 0. The summed E-state index contributed by atoms with van der Waals surface area (Å²) in [6.45, 7) is 6.56. The lowest BCUT2D eigenvalue weighted by molar-refractivity contribution is -0.150. The number of aliphatic carboxylic acids is 1. The fourth-order valence-corrected chi connectivity index (χ4v) is 2.26. The monoisotopic (exact) mass is 336 g/mol. The van der Waals surface area contributed by atoms with Gasteiger partial charge in [-0.3, -0.25) is 9.59 Å². The van der Waals surface area contributed by atoms with Crippen molar-refractivity contribution in [1.29, 1.82) is 0 Å². The van der Waals surface area contributed by atoms with E-state index in [2.05, 4.69) is 5.32 Å². The average Bonchev–Trinajstić information content (AvgIpc) is 2.49. The van der Waals surface area contributed by atoms with Crippen LogP contribution < -0.4 is 10.1 Å². The standard InChI is InChI=1S/C17H24N2O5/c1-11-6-5-7-12(2)16(11)24-10-15(21)19(13(3)17(22)23)9-8-18-14(4)20/h5-7,13H,8-10H2,1-4H3,(H,18,20)(H,22,23). The third kappa shape index (κ3) is 5.57. The molecule has 0 aliphatic rings. The lowest BCUT2D eigenvalue weighted by Gasteiger charge is -2.27. The van der Waals surface area contributed by atoms with Gasteiger partial charge in [0.2, 0.25) is 5.91 Å². The first-order chi connectivity index (χ1) is 11.2. The molecule has 7 nitrogen and oxygen atoms in total. The molecular formula is C17H24N2O5. The Bertz CT molecular complexity index is 595. The van der Waals surface area contributed by atoms with Gasteiger partial charge in [0.05, 0.1) is 0 Å². The molecule has 1 aromatic carbocycles. The van der Waals surface area contributed by atoms with Crippen molar-refractivity contribution in [2.45, 2.75) is 33.7 Å². The molecule has 132 valence electrons. The van der Waals surface area contributed by atoms with E-state index in [4.69, 9.17) is 9.84 Å². The van der Waals surface area contributed by atoms with Crippen LogP contribution in [0.4, 0.5) is 0 Å². The van der Waals surface area contributed by atoms with E-state index in [9.17, 15) is 14.4 Å². The van der Waals surface area contributed by atoms with Crippen LogP contribution in [0.3, 0.4) is 0 Å². The van der Waals surface area contributed by atoms with Crippen LogP contribution in [0.1, 0.15) is 25.0 Å². The van der Waals surface area contributed by atoms with Crippen LogP contribution in [0.25, 0.3) is 0 Å². The fourth-order valence-electron chi connectivity index (χ4n) is 2.26. The number of carbonyl (C=O) groups excluding carboxylic acids is 2. The van der Waals surface area contributed by atoms with Crippen molar-refractivity contribution in [3.8, 4) is 5.75 Å². The molecule has 1 rings (SSSR count). The molecule has 0 fully saturated rings. The van der Waals surface area contributed by atoms with Gasteiger partial charge < -0.3 is 20.1 Å². The van der Waals surface area contributed by atoms with E-state index in [1.165, 1.54) is 18.7 Å². The quantitative estimate of drug-likeness (QED) is 0.742. The first-order valence-electron chi connectivity index (χ1n) is 7.69. The van der Waals surface area contributed by atoms with Crippen LogP contribution in [-0.2, 0) is 14.4 Å². The number of aryl methyl sites for hydroxylation is 2. The van der Waals surface area contributed by atoms with E-state index in [1.54, 1.807) is 0 Å². The van der Waals surface area contributed by atoms with E-state index in [1.807, 2.05) is 32.0 Å². The number of carboxylic acids is 1. The number of hydrogen-bond acceptors (Lipinski definition) is 4. The SMILES string of the molecule is CC(=O)NCCN(C(=O)COc1c(C)cccc1C)C(C)C(=O)O. The molecule has 0 radical (unpaired) electrons. The molecule has 0 bridgehead atoms. The minimum absolute atomic E-state index is 0.0992. The molecule has 2 N–H and O–H groups in total. The Balaban J connectivity index is 2.76. The molecule has 0 heterocycles. The number of ether oxygens (including phenoxy) is 1. The second-order valence-electron chi connectivity index (χ2n) is 5.59. The molecule has 1 atom stereocenters. The predicted molar refractivity (Wildman–Crippen MR) is 88.9 cm³/mol. The number of para-hydroxylation sites is 1. The van der Waals surface area contributed by atoms with Crippen molar-refractivity contribution in [2.24, 2.45) is 0 Å². The zero-order valence-corrected chi connectivity index (χ0v) is 14.5. The minimum Gasteiger partial charge on any atom is -0.483 e. The van der Waals surface area contributed by atoms with Gasteiger partial charge in [-0.2, -0.15) is 0 Å². The van der Waals surface area contributed by atoms with E-state index in [0.717, 1.165) is 11.1 Å². The number of nitrogens with zero attached hydrogens (tertiary/aromatic N) is 1. The Morgan fingerprint density at radius 2 is 1.83 bits per heavy atom. The largest absolute Gasteiger partial charge is 0.483 e. The van der Waals surface area contributed by atoms with Crippen LogP contribution in [0.5, 0.6) is 5.75 Å². The van der Waals surface area contributed by atoms with Gasteiger partial charge in [-0.15, -0.1) is 0 Å². The number of benzene rings is 1. The van der Waals surface area contributed by atoms with Crippen molar-refractivity contribution < 1.29 is 24.2 Å². The highest BCUT2D eigenvalue weighted by atomic mass is 16.5. The molecular weight excluding hydrogens is 312 g/mol. The fraction of sp³-hybridized carbons (Fsp3) is 0.471. The van der Waals surface area contributed by atoms with Gasteiger partial charge in [0, 0.05) is 20.0 Å². The maximum atomic E-state index is 12.4. The molecule has 0 saturated carbocycles. The minimum atomic E-state index is -1.11. The highest BCUT2D eigenvalue weighted by Gasteiger charge is 2.25. The predicted octanol–water partition coefficient (Wildman–Crippen LogP) is 1.12. The second-order valence-corrected chi connectivity index (χ2v) is 5.59. The highest BCUT2D eigenvalue weighted by Crippen LogP contribution is 2.22. The molecule has 0 aromatic heterocycles. The topological polar surface area (TPSA) is 95.9 Å². The molecule has 0 aliphatic carbocycles. The van der Waals surface area contributed by atoms with E-state index >= 15 is 0 Å². The summed E-state index contributed by atoms with van der Waals surface area (Å²) in [5, 5.41) is 11.7. The van der Waals surface area contributed by atoms with E-state index in [0.29, 0.717) is 5.75 Å². The third-order valence-corrected chi connectivity index (χ3v) is 3.62. The maximum Gasteiger partial charge on any atom is 0.326 e. The van der Waals surface area contributed by atoms with Crippen molar-refractivity contribution in [1.82, 2.24) is 10.2 Å². The number of amides is 2. The number of carbonyl (C=O) groups is 3. The van der Waals surface area contributed by atoms with Gasteiger partial charge in [-0.05, 0) is 31.9 Å². The molecule has 1 aromatic rings. The summed E-state index contributed by atoms with van der Waals surface area (Å²) >= 11 is 0. The summed E-state index contributed by atoms with van der Waals surface area (Å²) in [6, 6.07) is 4.64. The lowest BCUT2D eigenvalue weighted by Crippen LogP contribution is -2.48. The van der Waals surface area contributed by atoms with Gasteiger partial charge in [0.15, 0.2) is 6.61 Å². The summed E-state index contributed by atoms with van der Waals surface area (Å²) < 4.78 is 5.60. The first kappa shape index (κ1) is 19.5. The Labute approximate surface area is 141 Å². The molecule has 0 spiro atoms. The molecule has 24 heavy (non-hydrogen) atoms. The number of carboxylic acid groups (broad SMARTS) is 1. The maximum absolute atomic E-state index is 12.4. The molecule has 1 unspecified atom stereocenters. The lowest BCUT2D eigenvalue weighted by atomic mass is 10.1. The van der Waals surface area contributed by atoms with Gasteiger partial charge in [0.1, 0.15) is 11.8 Å². The van der Waals surface area contributed by atoms with Gasteiger partial charge in [0.25, 0.3) is 5.91 Å².